The van der Waals surface area contributed by atoms with Crippen molar-refractivity contribution in [1.82, 2.24) is 15.2 Å². The van der Waals surface area contributed by atoms with E-state index in [4.69, 9.17) is 4.74 Å². The number of ether oxygens (including phenoxy) is 1. The Morgan fingerprint density at radius 2 is 2.00 bits per heavy atom. The standard InChI is InChI=1S/C14H12N4O2/c1-20-14-16-13(17-18-14)15-12(19)11-7-6-9-4-2-3-5-10(9)8-11/h2-8H,1H3,(H2,15,16,17,18,19). The highest BCUT2D eigenvalue weighted by Crippen LogP contribution is 2.16. The number of nitrogens with one attached hydrogen (secondary N) is 2. The van der Waals surface area contributed by atoms with Gasteiger partial charge in [0.25, 0.3) is 5.91 Å². The molecule has 6 nitrogen and oxygen atoms in total. The molecule has 2 N–H and O–H groups in total. The van der Waals surface area contributed by atoms with Crippen LogP contribution in [0.2, 0.25) is 0 Å². The summed E-state index contributed by atoms with van der Waals surface area (Å²) in [7, 11) is 1.46. The molecule has 20 heavy (non-hydrogen) atoms. The van der Waals surface area contributed by atoms with Gasteiger partial charge in [-0.05, 0) is 22.9 Å². The Hall–Kier alpha value is -2.89. The number of rotatable bonds is 3. The quantitative estimate of drug-likeness (QED) is 0.763. The molecule has 1 aromatic heterocycles. The lowest BCUT2D eigenvalue weighted by molar-refractivity contribution is 0.102. The maximum Gasteiger partial charge on any atom is 0.336 e. The first-order valence-electron chi connectivity index (χ1n) is 6.03. The summed E-state index contributed by atoms with van der Waals surface area (Å²) in [4.78, 5) is 16.1. The third-order valence-electron chi connectivity index (χ3n) is 2.89. The predicted octanol–water partition coefficient (Wildman–Crippen LogP) is 2.22. The van der Waals surface area contributed by atoms with E-state index in [0.29, 0.717) is 5.56 Å². The summed E-state index contributed by atoms with van der Waals surface area (Å²) < 4.78 is 4.84. The van der Waals surface area contributed by atoms with Crippen LogP contribution in [0.5, 0.6) is 6.01 Å². The van der Waals surface area contributed by atoms with Crippen molar-refractivity contribution < 1.29 is 9.53 Å². The van der Waals surface area contributed by atoms with E-state index in [9.17, 15) is 4.79 Å². The fraction of sp³-hybridized carbons (Fsp3) is 0.0714. The van der Waals surface area contributed by atoms with Gasteiger partial charge in [-0.1, -0.05) is 30.3 Å². The predicted molar refractivity (Wildman–Crippen MR) is 74.8 cm³/mol. The van der Waals surface area contributed by atoms with Crippen molar-refractivity contribution in [2.75, 3.05) is 12.4 Å². The molecule has 2 aromatic carbocycles. The van der Waals surface area contributed by atoms with Gasteiger partial charge in [0.05, 0.1) is 7.11 Å². The second kappa shape index (κ2) is 5.00. The van der Waals surface area contributed by atoms with Gasteiger partial charge in [-0.15, -0.1) is 5.10 Å². The van der Waals surface area contributed by atoms with Crippen LogP contribution in [-0.2, 0) is 0 Å². The average Bonchev–Trinajstić information content (AvgIpc) is 2.94. The minimum atomic E-state index is -0.255. The van der Waals surface area contributed by atoms with E-state index in [1.807, 2.05) is 36.4 Å². The number of carbonyl (C=O) groups excluding carboxylic acids is 1. The summed E-state index contributed by atoms with van der Waals surface area (Å²) in [5.41, 5.74) is 0.555. The number of methoxy groups -OCH3 is 1. The van der Waals surface area contributed by atoms with E-state index < -0.39 is 0 Å². The highest BCUT2D eigenvalue weighted by molar-refractivity contribution is 6.05. The van der Waals surface area contributed by atoms with Crippen molar-refractivity contribution in [2.45, 2.75) is 0 Å². The zero-order chi connectivity index (χ0) is 13.9. The molecule has 0 bridgehead atoms. The van der Waals surface area contributed by atoms with Crippen LogP contribution in [0.25, 0.3) is 10.8 Å². The lowest BCUT2D eigenvalue weighted by atomic mass is 10.1. The molecule has 0 atom stereocenters. The number of carbonyl (C=O) groups is 1. The van der Waals surface area contributed by atoms with E-state index >= 15 is 0 Å². The topological polar surface area (TPSA) is 79.9 Å². The lowest BCUT2D eigenvalue weighted by Gasteiger charge is -2.03. The SMILES string of the molecule is COc1n[nH]c(NC(=O)c2ccc3ccccc3c2)n1. The number of aromatic nitrogens is 3. The molecule has 100 valence electrons. The Balaban J connectivity index is 1.84. The largest absolute Gasteiger partial charge is 0.466 e. The third-order valence-corrected chi connectivity index (χ3v) is 2.89. The van der Waals surface area contributed by atoms with Crippen molar-refractivity contribution in [3.63, 3.8) is 0 Å². The molecule has 3 rings (SSSR count). The van der Waals surface area contributed by atoms with Gasteiger partial charge in [0.15, 0.2) is 0 Å². The number of anilines is 1. The highest BCUT2D eigenvalue weighted by atomic mass is 16.5. The molecule has 0 aliphatic rings. The van der Waals surface area contributed by atoms with Gasteiger partial charge in [-0.3, -0.25) is 10.1 Å². The summed E-state index contributed by atoms with van der Waals surface area (Å²) in [6, 6.07) is 13.5. The molecular formula is C14H12N4O2. The zero-order valence-corrected chi connectivity index (χ0v) is 10.8. The van der Waals surface area contributed by atoms with Crippen LogP contribution in [0.4, 0.5) is 5.95 Å². The van der Waals surface area contributed by atoms with Crippen LogP contribution in [0.15, 0.2) is 42.5 Å². The average molecular weight is 268 g/mol. The van der Waals surface area contributed by atoms with Gasteiger partial charge in [0, 0.05) is 5.56 Å². The first-order chi connectivity index (χ1) is 9.76. The van der Waals surface area contributed by atoms with Crippen molar-refractivity contribution >= 4 is 22.6 Å². The molecular weight excluding hydrogens is 256 g/mol. The van der Waals surface area contributed by atoms with Gasteiger partial charge >= 0.3 is 6.01 Å². The van der Waals surface area contributed by atoms with Crippen LogP contribution in [0.3, 0.4) is 0 Å². The van der Waals surface area contributed by atoms with Crippen molar-refractivity contribution in [3.8, 4) is 6.01 Å². The van der Waals surface area contributed by atoms with Gasteiger partial charge in [-0.2, -0.15) is 4.98 Å². The normalized spacial score (nSPS) is 10.4. The van der Waals surface area contributed by atoms with Crippen LogP contribution in [0.1, 0.15) is 10.4 Å². The smallest absolute Gasteiger partial charge is 0.336 e. The zero-order valence-electron chi connectivity index (χ0n) is 10.8. The van der Waals surface area contributed by atoms with Crippen LogP contribution < -0.4 is 10.1 Å². The highest BCUT2D eigenvalue weighted by Gasteiger charge is 2.10. The fourth-order valence-corrected chi connectivity index (χ4v) is 1.90. The Bertz CT molecular complexity index is 766. The van der Waals surface area contributed by atoms with E-state index in [0.717, 1.165) is 10.8 Å². The molecule has 0 aliphatic carbocycles. The Labute approximate surface area is 114 Å². The first-order valence-corrected chi connectivity index (χ1v) is 6.03. The number of aromatic amines is 1. The first kappa shape index (κ1) is 12.2. The van der Waals surface area contributed by atoms with Crippen molar-refractivity contribution in [2.24, 2.45) is 0 Å². The summed E-state index contributed by atoms with van der Waals surface area (Å²) in [6.07, 6.45) is 0. The number of amides is 1. The Kier molecular flexibility index (Phi) is 3.04. The number of fused-ring (bicyclic) bond motifs is 1. The Morgan fingerprint density at radius 3 is 2.75 bits per heavy atom. The fourth-order valence-electron chi connectivity index (χ4n) is 1.90. The molecule has 0 saturated carbocycles. The molecule has 0 aliphatic heterocycles. The second-order valence-corrected chi connectivity index (χ2v) is 4.19. The molecule has 0 unspecified atom stereocenters. The van der Waals surface area contributed by atoms with Crippen molar-refractivity contribution in [3.05, 3.63) is 48.0 Å². The van der Waals surface area contributed by atoms with Gasteiger partial charge in [0.2, 0.25) is 5.95 Å². The van der Waals surface area contributed by atoms with Crippen molar-refractivity contribution in [1.29, 1.82) is 0 Å². The number of nitrogens with zero attached hydrogens (tertiary/aromatic N) is 2. The minimum Gasteiger partial charge on any atom is -0.466 e. The lowest BCUT2D eigenvalue weighted by Crippen LogP contribution is -2.12. The maximum atomic E-state index is 12.1. The van der Waals surface area contributed by atoms with Crippen LogP contribution >= 0.6 is 0 Å². The van der Waals surface area contributed by atoms with Crippen LogP contribution in [0, 0.1) is 0 Å². The third kappa shape index (κ3) is 2.31. The number of hydrogen-bond donors (Lipinski definition) is 2. The van der Waals surface area contributed by atoms with Crippen LogP contribution in [-0.4, -0.2) is 28.2 Å². The Morgan fingerprint density at radius 1 is 1.20 bits per heavy atom. The summed E-state index contributed by atoms with van der Waals surface area (Å²) >= 11 is 0. The summed E-state index contributed by atoms with van der Waals surface area (Å²) in [5.74, 6) is -0.00503. The molecule has 0 spiro atoms. The molecule has 1 heterocycles. The van der Waals surface area contributed by atoms with Gasteiger partial charge in [-0.25, -0.2) is 5.10 Å². The monoisotopic (exact) mass is 268 g/mol. The maximum absolute atomic E-state index is 12.1. The molecule has 0 radical (unpaired) electrons. The molecule has 1 amide bonds. The van der Waals surface area contributed by atoms with E-state index in [1.54, 1.807) is 6.07 Å². The number of hydrogen-bond acceptors (Lipinski definition) is 4. The van der Waals surface area contributed by atoms with Gasteiger partial charge < -0.3 is 4.74 Å². The number of H-pyrrole nitrogens is 1. The second-order valence-electron chi connectivity index (χ2n) is 4.19. The molecule has 0 saturated heterocycles. The van der Waals surface area contributed by atoms with E-state index in [1.165, 1.54) is 7.11 Å². The number of benzene rings is 2. The van der Waals surface area contributed by atoms with Gasteiger partial charge in [0.1, 0.15) is 0 Å². The summed E-state index contributed by atoms with van der Waals surface area (Å²) in [6.45, 7) is 0. The van der Waals surface area contributed by atoms with E-state index in [2.05, 4.69) is 20.5 Å². The summed E-state index contributed by atoms with van der Waals surface area (Å²) in [5, 5.41) is 11.1. The molecule has 0 fully saturated rings. The minimum absolute atomic E-state index is 0.179. The molecule has 6 heteroatoms. The molecule has 3 aromatic rings. The van der Waals surface area contributed by atoms with E-state index in [-0.39, 0.29) is 17.9 Å².